The molecular formula is C16H25Cl3FN3O2. The van der Waals surface area contributed by atoms with E-state index in [4.69, 9.17) is 16.3 Å². The normalized spacial score (nSPS) is 14.6. The Balaban J connectivity index is 0.00000288. The number of nitrogens with zero attached hydrogens (tertiary/aromatic N) is 2. The zero-order valence-electron chi connectivity index (χ0n) is 14.2. The minimum Gasteiger partial charge on any atom is -0.383 e. The van der Waals surface area contributed by atoms with Crippen molar-refractivity contribution in [1.29, 1.82) is 0 Å². The summed E-state index contributed by atoms with van der Waals surface area (Å²) in [5.41, 5.74) is 0.911. The lowest BCUT2D eigenvalue weighted by molar-refractivity contribution is -0.132. The van der Waals surface area contributed by atoms with Crippen LogP contribution in [0.3, 0.4) is 0 Å². The highest BCUT2D eigenvalue weighted by Gasteiger charge is 2.21. The van der Waals surface area contributed by atoms with E-state index in [1.165, 1.54) is 12.1 Å². The van der Waals surface area contributed by atoms with Crippen LogP contribution in [0.1, 0.15) is 5.56 Å². The van der Waals surface area contributed by atoms with Gasteiger partial charge in [-0.15, -0.1) is 24.8 Å². The Kier molecular flexibility index (Phi) is 12.4. The number of hydrogen-bond donors (Lipinski definition) is 1. The lowest BCUT2D eigenvalue weighted by Gasteiger charge is -2.35. The van der Waals surface area contributed by atoms with Crippen molar-refractivity contribution in [3.8, 4) is 0 Å². The molecule has 1 aliphatic rings. The number of amides is 1. The van der Waals surface area contributed by atoms with Crippen molar-refractivity contribution < 1.29 is 13.9 Å². The van der Waals surface area contributed by atoms with Crippen molar-refractivity contribution in [3.63, 3.8) is 0 Å². The summed E-state index contributed by atoms with van der Waals surface area (Å²) in [6, 6.07) is 4.48. The second-order valence-corrected chi connectivity index (χ2v) is 5.97. The Labute approximate surface area is 165 Å². The molecule has 0 saturated carbocycles. The van der Waals surface area contributed by atoms with Crippen molar-refractivity contribution in [2.24, 2.45) is 0 Å². The molecule has 9 heteroatoms. The van der Waals surface area contributed by atoms with Crippen molar-refractivity contribution in [1.82, 2.24) is 15.1 Å². The molecule has 0 aliphatic carbocycles. The van der Waals surface area contributed by atoms with Crippen LogP contribution in [0.5, 0.6) is 0 Å². The van der Waals surface area contributed by atoms with Crippen LogP contribution in [-0.2, 0) is 16.1 Å². The fourth-order valence-electron chi connectivity index (χ4n) is 2.53. The molecule has 2 rings (SSSR count). The molecule has 25 heavy (non-hydrogen) atoms. The number of rotatable bonds is 7. The molecule has 144 valence electrons. The number of nitrogens with one attached hydrogen (secondary N) is 1. The predicted octanol–water partition coefficient (Wildman–Crippen LogP) is 2.20. The molecule has 0 atom stereocenters. The highest BCUT2D eigenvalue weighted by Crippen LogP contribution is 2.19. The lowest BCUT2D eigenvalue weighted by atomic mass is 10.2. The Hall–Kier alpha value is -0.630. The van der Waals surface area contributed by atoms with Gasteiger partial charge in [0.15, 0.2) is 0 Å². The summed E-state index contributed by atoms with van der Waals surface area (Å²) >= 11 is 6.06. The van der Waals surface area contributed by atoms with Gasteiger partial charge in [0.1, 0.15) is 5.82 Å². The Morgan fingerprint density at radius 3 is 2.56 bits per heavy atom. The number of halogens is 4. The molecule has 0 bridgehead atoms. The summed E-state index contributed by atoms with van der Waals surface area (Å²) in [5, 5.41) is 3.51. The predicted molar refractivity (Wildman–Crippen MR) is 103 cm³/mol. The van der Waals surface area contributed by atoms with Gasteiger partial charge >= 0.3 is 0 Å². The molecule has 1 fully saturated rings. The van der Waals surface area contributed by atoms with Crippen LogP contribution in [0.4, 0.5) is 4.39 Å². The fourth-order valence-corrected chi connectivity index (χ4v) is 2.75. The standard InChI is InChI=1S/C16H23ClFN3O2.2ClH/c1-23-9-4-19-11-16(22)21-7-5-20(6-8-21)12-13-2-3-14(18)10-15(13)17;;/h2-3,10,19H,4-9,11-12H2,1H3;2*1H. The van der Waals surface area contributed by atoms with E-state index in [-0.39, 0.29) is 36.5 Å². The first-order chi connectivity index (χ1) is 11.1. The second kappa shape index (κ2) is 12.7. The van der Waals surface area contributed by atoms with Crippen LogP contribution in [0.2, 0.25) is 5.02 Å². The SMILES string of the molecule is COCCNCC(=O)N1CCN(Cc2ccc(F)cc2Cl)CC1.Cl.Cl. The largest absolute Gasteiger partial charge is 0.383 e. The van der Waals surface area contributed by atoms with E-state index < -0.39 is 0 Å². The van der Waals surface area contributed by atoms with Gasteiger partial charge < -0.3 is 15.0 Å². The molecule has 0 aromatic heterocycles. The van der Waals surface area contributed by atoms with Crippen LogP contribution in [0.25, 0.3) is 0 Å². The highest BCUT2D eigenvalue weighted by molar-refractivity contribution is 6.31. The Morgan fingerprint density at radius 2 is 1.96 bits per heavy atom. The number of ether oxygens (including phenoxy) is 1. The van der Waals surface area contributed by atoms with Gasteiger partial charge in [0, 0.05) is 51.4 Å². The summed E-state index contributed by atoms with van der Waals surface area (Å²) < 4.78 is 18.0. The number of methoxy groups -OCH3 is 1. The van der Waals surface area contributed by atoms with Crippen LogP contribution in [0, 0.1) is 5.82 Å². The van der Waals surface area contributed by atoms with Gasteiger partial charge in [0.25, 0.3) is 0 Å². The number of hydrogen-bond acceptors (Lipinski definition) is 4. The van der Waals surface area contributed by atoms with E-state index in [1.54, 1.807) is 13.2 Å². The molecule has 1 heterocycles. The first-order valence-corrected chi connectivity index (χ1v) is 8.11. The molecule has 0 radical (unpaired) electrons. The maximum Gasteiger partial charge on any atom is 0.236 e. The summed E-state index contributed by atoms with van der Waals surface area (Å²) in [4.78, 5) is 16.1. The molecule has 0 spiro atoms. The van der Waals surface area contributed by atoms with E-state index in [9.17, 15) is 9.18 Å². The lowest BCUT2D eigenvalue weighted by Crippen LogP contribution is -2.50. The van der Waals surface area contributed by atoms with Gasteiger partial charge in [-0.3, -0.25) is 9.69 Å². The van der Waals surface area contributed by atoms with Crippen molar-refractivity contribution in [3.05, 3.63) is 34.6 Å². The van der Waals surface area contributed by atoms with E-state index in [0.29, 0.717) is 44.4 Å². The summed E-state index contributed by atoms with van der Waals surface area (Å²) in [5.74, 6) is -0.212. The molecule has 5 nitrogen and oxygen atoms in total. The van der Waals surface area contributed by atoms with E-state index in [2.05, 4.69) is 10.2 Å². The van der Waals surface area contributed by atoms with Crippen molar-refractivity contribution in [2.45, 2.75) is 6.54 Å². The molecule has 1 saturated heterocycles. The van der Waals surface area contributed by atoms with E-state index in [0.717, 1.165) is 18.7 Å². The zero-order valence-corrected chi connectivity index (χ0v) is 16.6. The molecular weight excluding hydrogens is 392 g/mol. The van der Waals surface area contributed by atoms with Crippen LogP contribution in [-0.4, -0.2) is 68.7 Å². The zero-order chi connectivity index (χ0) is 16.7. The third-order valence-corrected chi connectivity index (χ3v) is 4.25. The molecule has 1 N–H and O–H groups in total. The van der Waals surface area contributed by atoms with Crippen molar-refractivity contribution >= 4 is 42.3 Å². The molecule has 1 aromatic rings. The van der Waals surface area contributed by atoms with Gasteiger partial charge in [-0.25, -0.2) is 4.39 Å². The number of piperazine rings is 1. The van der Waals surface area contributed by atoms with Gasteiger partial charge in [-0.1, -0.05) is 17.7 Å². The summed E-state index contributed by atoms with van der Waals surface area (Å²) in [7, 11) is 1.64. The topological polar surface area (TPSA) is 44.8 Å². The first-order valence-electron chi connectivity index (χ1n) is 7.74. The van der Waals surface area contributed by atoms with E-state index >= 15 is 0 Å². The molecule has 1 amide bonds. The maximum absolute atomic E-state index is 13.1. The van der Waals surface area contributed by atoms with Gasteiger partial charge in [0.2, 0.25) is 5.91 Å². The van der Waals surface area contributed by atoms with Crippen LogP contribution < -0.4 is 5.32 Å². The molecule has 1 aromatic carbocycles. The minimum absolute atomic E-state index is 0. The monoisotopic (exact) mass is 415 g/mol. The van der Waals surface area contributed by atoms with E-state index in [1.807, 2.05) is 4.90 Å². The van der Waals surface area contributed by atoms with Crippen LogP contribution >= 0.6 is 36.4 Å². The van der Waals surface area contributed by atoms with Gasteiger partial charge in [-0.05, 0) is 17.7 Å². The Morgan fingerprint density at radius 1 is 1.28 bits per heavy atom. The third-order valence-electron chi connectivity index (χ3n) is 3.89. The molecule has 1 aliphatic heterocycles. The number of carbonyl (C=O) groups is 1. The summed E-state index contributed by atoms with van der Waals surface area (Å²) in [6.45, 7) is 5.26. The highest BCUT2D eigenvalue weighted by atomic mass is 35.5. The number of benzene rings is 1. The van der Waals surface area contributed by atoms with Crippen molar-refractivity contribution in [2.75, 3.05) is 53.0 Å². The minimum atomic E-state index is -0.324. The molecule has 0 unspecified atom stereocenters. The first kappa shape index (κ1) is 24.4. The second-order valence-electron chi connectivity index (χ2n) is 5.56. The maximum atomic E-state index is 13.1. The Bertz CT molecular complexity index is 529. The quantitative estimate of drug-likeness (QED) is 0.692. The average molecular weight is 417 g/mol. The smallest absolute Gasteiger partial charge is 0.236 e. The average Bonchev–Trinajstić information content (AvgIpc) is 2.55. The fraction of sp³-hybridized carbons (Fsp3) is 0.562. The van der Waals surface area contributed by atoms with Crippen LogP contribution in [0.15, 0.2) is 18.2 Å². The third kappa shape index (κ3) is 8.07. The summed E-state index contributed by atoms with van der Waals surface area (Å²) in [6.07, 6.45) is 0. The number of carbonyl (C=O) groups excluding carboxylic acids is 1. The van der Waals surface area contributed by atoms with Gasteiger partial charge in [-0.2, -0.15) is 0 Å². The van der Waals surface area contributed by atoms with Gasteiger partial charge in [0.05, 0.1) is 13.2 Å².